The number of likely N-dealkylation sites (N-methyl/N-ethyl adjacent to an activating group) is 1. The molecule has 28 heavy (non-hydrogen) atoms. The zero-order valence-corrected chi connectivity index (χ0v) is 17.2. The monoisotopic (exact) mass is 432 g/mol. The summed E-state index contributed by atoms with van der Waals surface area (Å²) >= 11 is 3.52. The van der Waals surface area contributed by atoms with Crippen LogP contribution >= 0.6 is 15.9 Å². The number of hydrogen-bond acceptors (Lipinski definition) is 2. The quantitative estimate of drug-likeness (QED) is 0.607. The highest BCUT2D eigenvalue weighted by molar-refractivity contribution is 9.10. The lowest BCUT2D eigenvalue weighted by atomic mass is 9.72. The van der Waals surface area contributed by atoms with E-state index >= 15 is 0 Å². The molecule has 5 rings (SSSR count). The second-order valence-electron chi connectivity index (χ2n) is 7.67. The van der Waals surface area contributed by atoms with E-state index in [1.54, 1.807) is 0 Å². The fourth-order valence-corrected chi connectivity index (χ4v) is 5.19. The minimum Gasteiger partial charge on any atom is -0.314 e. The molecule has 1 fully saturated rings. The van der Waals surface area contributed by atoms with Gasteiger partial charge in [-0.15, -0.1) is 0 Å². The van der Waals surface area contributed by atoms with Gasteiger partial charge in [-0.2, -0.15) is 0 Å². The van der Waals surface area contributed by atoms with Gasteiger partial charge in [0.15, 0.2) is 0 Å². The van der Waals surface area contributed by atoms with E-state index in [0.29, 0.717) is 0 Å². The number of carbonyl (C=O) groups excluding carboxylic acids is 1. The van der Waals surface area contributed by atoms with Crippen molar-refractivity contribution in [2.75, 3.05) is 11.9 Å². The average molecular weight is 433 g/mol. The van der Waals surface area contributed by atoms with Gasteiger partial charge in [0.25, 0.3) is 0 Å². The molecule has 140 valence electrons. The number of hydrogen-bond donors (Lipinski definition) is 1. The molecule has 3 aromatic rings. The predicted molar refractivity (Wildman–Crippen MR) is 115 cm³/mol. The smallest absolute Gasteiger partial charge is 0.239 e. The first-order valence-electron chi connectivity index (χ1n) is 9.55. The lowest BCUT2D eigenvalue weighted by Crippen LogP contribution is -2.42. The van der Waals surface area contributed by atoms with Gasteiger partial charge in [0.05, 0.1) is 11.5 Å². The van der Waals surface area contributed by atoms with Gasteiger partial charge in [-0.3, -0.25) is 4.79 Å². The van der Waals surface area contributed by atoms with Crippen LogP contribution in [0.5, 0.6) is 0 Å². The Labute approximate surface area is 173 Å². The first-order valence-corrected chi connectivity index (χ1v) is 10.3. The molecule has 0 radical (unpaired) electrons. The van der Waals surface area contributed by atoms with Crippen LogP contribution in [0.15, 0.2) is 83.3 Å². The minimum atomic E-state index is -0.593. The van der Waals surface area contributed by atoms with Crippen molar-refractivity contribution in [3.63, 3.8) is 0 Å². The molecule has 3 nitrogen and oxygen atoms in total. The minimum absolute atomic E-state index is 0.0686. The van der Waals surface area contributed by atoms with E-state index in [0.717, 1.165) is 27.7 Å². The lowest BCUT2D eigenvalue weighted by molar-refractivity contribution is -0.123. The highest BCUT2D eigenvalue weighted by Gasteiger charge is 2.59. The standard InChI is InChI=1S/C24H21BrN2O/c1-27-21-10-6-5-9-19(21)24(23(27)28)15-20(16-11-13-18(25)14-12-16)26-22(24)17-7-3-2-4-8-17/h2-14,20,22,26H,15H2,1H3/t20-,22-,24+/m0/s1. The van der Waals surface area contributed by atoms with Gasteiger partial charge in [-0.05, 0) is 41.3 Å². The van der Waals surface area contributed by atoms with Gasteiger partial charge >= 0.3 is 0 Å². The normalized spacial score (nSPS) is 26.1. The number of nitrogens with zero attached hydrogens (tertiary/aromatic N) is 1. The Balaban J connectivity index is 1.68. The third kappa shape index (κ3) is 2.48. The number of benzene rings is 3. The molecule has 1 spiro atoms. The SMILES string of the molecule is CN1C(=O)[C@]2(C[C@@H](c3ccc(Br)cc3)N[C@H]2c2ccccc2)c2ccccc21. The summed E-state index contributed by atoms with van der Waals surface area (Å²) in [5.41, 5.74) is 3.92. The molecule has 3 aromatic carbocycles. The first kappa shape index (κ1) is 17.7. The summed E-state index contributed by atoms with van der Waals surface area (Å²) in [7, 11) is 1.89. The van der Waals surface area contributed by atoms with Crippen LogP contribution in [0, 0.1) is 0 Å². The number of para-hydroxylation sites is 1. The van der Waals surface area contributed by atoms with Gasteiger partial charge < -0.3 is 10.2 Å². The topological polar surface area (TPSA) is 32.3 Å². The molecular weight excluding hydrogens is 412 g/mol. The largest absolute Gasteiger partial charge is 0.314 e. The van der Waals surface area contributed by atoms with Crippen LogP contribution in [0.25, 0.3) is 0 Å². The van der Waals surface area contributed by atoms with Gasteiger partial charge in [0.1, 0.15) is 0 Å². The molecule has 1 saturated heterocycles. The molecule has 1 N–H and O–H groups in total. The lowest BCUT2D eigenvalue weighted by Gasteiger charge is -2.30. The Morgan fingerprint density at radius 3 is 2.36 bits per heavy atom. The highest BCUT2D eigenvalue weighted by Crippen LogP contribution is 2.56. The van der Waals surface area contributed by atoms with Crippen molar-refractivity contribution < 1.29 is 4.79 Å². The van der Waals surface area contributed by atoms with Crippen molar-refractivity contribution in [1.29, 1.82) is 0 Å². The van der Waals surface area contributed by atoms with E-state index in [9.17, 15) is 4.79 Å². The van der Waals surface area contributed by atoms with Gasteiger partial charge in [0.2, 0.25) is 5.91 Å². The number of amides is 1. The predicted octanol–water partition coefficient (Wildman–Crippen LogP) is 5.14. The van der Waals surface area contributed by atoms with E-state index in [1.807, 2.05) is 42.3 Å². The summed E-state index contributed by atoms with van der Waals surface area (Å²) in [5, 5.41) is 3.80. The van der Waals surface area contributed by atoms with Gasteiger partial charge in [-0.25, -0.2) is 0 Å². The molecule has 2 aliphatic heterocycles. The van der Waals surface area contributed by atoms with Crippen molar-refractivity contribution in [3.05, 3.63) is 100 Å². The van der Waals surface area contributed by atoms with E-state index in [2.05, 4.69) is 69.8 Å². The van der Waals surface area contributed by atoms with Crippen LogP contribution in [0.3, 0.4) is 0 Å². The molecule has 0 unspecified atom stereocenters. The summed E-state index contributed by atoms with van der Waals surface area (Å²) in [6, 6.07) is 27.0. The van der Waals surface area contributed by atoms with Crippen molar-refractivity contribution >= 4 is 27.5 Å². The highest BCUT2D eigenvalue weighted by atomic mass is 79.9. The molecule has 0 bridgehead atoms. The van der Waals surface area contributed by atoms with Crippen LogP contribution in [-0.2, 0) is 10.2 Å². The van der Waals surface area contributed by atoms with Gasteiger partial charge in [0, 0.05) is 23.2 Å². The summed E-state index contributed by atoms with van der Waals surface area (Å²) in [5.74, 6) is 0.176. The number of carbonyl (C=O) groups is 1. The Morgan fingerprint density at radius 2 is 1.61 bits per heavy atom. The summed E-state index contributed by atoms with van der Waals surface area (Å²) in [6.45, 7) is 0. The molecule has 4 heteroatoms. The number of anilines is 1. The molecule has 0 aromatic heterocycles. The molecule has 0 saturated carbocycles. The molecule has 1 amide bonds. The number of halogens is 1. The van der Waals surface area contributed by atoms with Crippen molar-refractivity contribution in [3.8, 4) is 0 Å². The van der Waals surface area contributed by atoms with Crippen LogP contribution in [0.4, 0.5) is 5.69 Å². The number of fused-ring (bicyclic) bond motifs is 2. The fourth-order valence-electron chi connectivity index (χ4n) is 4.92. The maximum Gasteiger partial charge on any atom is 0.239 e. The third-order valence-corrected chi connectivity index (χ3v) is 6.75. The number of nitrogens with one attached hydrogen (secondary N) is 1. The van der Waals surface area contributed by atoms with Crippen LogP contribution in [0.1, 0.15) is 35.2 Å². The average Bonchev–Trinajstić information content (AvgIpc) is 3.23. The Morgan fingerprint density at radius 1 is 0.929 bits per heavy atom. The molecule has 2 aliphatic rings. The maximum absolute atomic E-state index is 13.7. The van der Waals surface area contributed by atoms with E-state index in [-0.39, 0.29) is 18.0 Å². The second-order valence-corrected chi connectivity index (χ2v) is 8.59. The number of rotatable bonds is 2. The van der Waals surface area contributed by atoms with Gasteiger partial charge in [-0.1, -0.05) is 76.6 Å². The van der Waals surface area contributed by atoms with Crippen molar-refractivity contribution in [1.82, 2.24) is 5.32 Å². The Kier molecular flexibility index (Phi) is 4.14. The molecule has 3 atom stereocenters. The van der Waals surface area contributed by atoms with Crippen LogP contribution < -0.4 is 10.2 Å². The Bertz CT molecular complexity index is 1030. The van der Waals surface area contributed by atoms with E-state index in [1.165, 1.54) is 5.56 Å². The summed E-state index contributed by atoms with van der Waals surface area (Å²) in [6.07, 6.45) is 0.744. The van der Waals surface area contributed by atoms with E-state index in [4.69, 9.17) is 0 Å². The first-order chi connectivity index (χ1) is 13.6. The fraction of sp³-hybridized carbons (Fsp3) is 0.208. The second kappa shape index (κ2) is 6.57. The zero-order chi connectivity index (χ0) is 19.3. The summed E-state index contributed by atoms with van der Waals surface area (Å²) < 4.78 is 1.06. The van der Waals surface area contributed by atoms with Crippen LogP contribution in [-0.4, -0.2) is 13.0 Å². The molecule has 0 aliphatic carbocycles. The molecule has 2 heterocycles. The van der Waals surface area contributed by atoms with E-state index < -0.39 is 5.41 Å². The maximum atomic E-state index is 13.7. The summed E-state index contributed by atoms with van der Waals surface area (Å²) in [4.78, 5) is 15.5. The van der Waals surface area contributed by atoms with Crippen molar-refractivity contribution in [2.45, 2.75) is 23.9 Å². The zero-order valence-electron chi connectivity index (χ0n) is 15.6. The van der Waals surface area contributed by atoms with Crippen LogP contribution in [0.2, 0.25) is 0 Å². The van der Waals surface area contributed by atoms with Crippen molar-refractivity contribution in [2.24, 2.45) is 0 Å². The molecular formula is C24H21BrN2O. The third-order valence-electron chi connectivity index (χ3n) is 6.22. The Hall–Kier alpha value is -2.43.